The van der Waals surface area contributed by atoms with Crippen LogP contribution < -0.4 is 5.73 Å². The molecule has 0 bridgehead atoms. The first-order valence-corrected chi connectivity index (χ1v) is 7.58. The zero-order chi connectivity index (χ0) is 17.0. The number of carboxylic acid groups (broad SMARTS) is 1. The highest BCUT2D eigenvalue weighted by atomic mass is 32.2. The molecule has 0 radical (unpaired) electrons. The van der Waals surface area contributed by atoms with Gasteiger partial charge in [0, 0.05) is 0 Å². The molecule has 9 heteroatoms. The van der Waals surface area contributed by atoms with Crippen molar-refractivity contribution >= 4 is 24.0 Å². The molecule has 0 spiro atoms. The van der Waals surface area contributed by atoms with Crippen LogP contribution in [0, 0.1) is 0 Å². The molecule has 126 valence electrons. The summed E-state index contributed by atoms with van der Waals surface area (Å²) < 4.78 is 0. The number of carboxylic acids is 1. The summed E-state index contributed by atoms with van der Waals surface area (Å²) in [7, 11) is 0. The average molecular weight is 327 g/mol. The molecule has 0 amide bonds. The van der Waals surface area contributed by atoms with Crippen LogP contribution in [0.4, 0.5) is 0 Å². The van der Waals surface area contributed by atoms with E-state index in [4.69, 9.17) is 31.3 Å². The molecule has 0 aliphatic heterocycles. The predicted molar refractivity (Wildman–Crippen MR) is 79.0 cm³/mol. The van der Waals surface area contributed by atoms with E-state index in [9.17, 15) is 9.59 Å². The number of hydrogen-bond donors (Lipinski definition) is 6. The molecule has 0 aliphatic carbocycles. The van der Waals surface area contributed by atoms with Crippen LogP contribution in [0.5, 0.6) is 0 Å². The quantitative estimate of drug-likeness (QED) is 0.212. The van der Waals surface area contributed by atoms with Crippen LogP contribution >= 0.6 is 11.8 Å². The lowest BCUT2D eigenvalue weighted by Gasteiger charge is -2.21. The van der Waals surface area contributed by atoms with E-state index in [1.54, 1.807) is 11.8 Å². The fourth-order valence-corrected chi connectivity index (χ4v) is 1.76. The predicted octanol–water partition coefficient (Wildman–Crippen LogP) is -1.81. The van der Waals surface area contributed by atoms with Crippen molar-refractivity contribution in [2.24, 2.45) is 5.73 Å². The summed E-state index contributed by atoms with van der Waals surface area (Å²) in [5.41, 5.74) is 5.24. The summed E-state index contributed by atoms with van der Waals surface area (Å²) in [6.07, 6.45) is -5.31. The third-order valence-electron chi connectivity index (χ3n) is 2.43. The Morgan fingerprint density at radius 3 is 2.10 bits per heavy atom. The lowest BCUT2D eigenvalue weighted by atomic mass is 10.1. The number of carbonyl (C=O) groups is 2. The topological polar surface area (TPSA) is 161 Å². The SMILES string of the molecule is CC(O)C(O)C(O)C(O)C=O.CCSCCC(N)C(=O)O. The van der Waals surface area contributed by atoms with Crippen LogP contribution in [-0.4, -0.2) is 79.8 Å². The fourth-order valence-electron chi connectivity index (χ4n) is 1.05. The van der Waals surface area contributed by atoms with Gasteiger partial charge in [0.1, 0.15) is 24.4 Å². The lowest BCUT2D eigenvalue weighted by Crippen LogP contribution is -2.43. The number of aliphatic hydroxyl groups excluding tert-OH is 4. The lowest BCUT2D eigenvalue weighted by molar-refractivity contribution is -0.138. The maximum atomic E-state index is 10.2. The van der Waals surface area contributed by atoms with E-state index < -0.39 is 36.4 Å². The fraction of sp³-hybridized carbons (Fsp3) is 0.833. The number of rotatable bonds is 9. The van der Waals surface area contributed by atoms with Crippen molar-refractivity contribution < 1.29 is 35.1 Å². The van der Waals surface area contributed by atoms with Gasteiger partial charge < -0.3 is 36.1 Å². The van der Waals surface area contributed by atoms with Gasteiger partial charge in [-0.3, -0.25) is 4.79 Å². The second-order valence-electron chi connectivity index (χ2n) is 4.28. The van der Waals surface area contributed by atoms with Crippen molar-refractivity contribution in [2.75, 3.05) is 11.5 Å². The van der Waals surface area contributed by atoms with Gasteiger partial charge in [-0.15, -0.1) is 0 Å². The zero-order valence-electron chi connectivity index (χ0n) is 12.1. The van der Waals surface area contributed by atoms with Crippen molar-refractivity contribution in [2.45, 2.75) is 50.7 Å². The molecule has 8 nitrogen and oxygen atoms in total. The van der Waals surface area contributed by atoms with E-state index in [0.29, 0.717) is 6.42 Å². The Bertz CT molecular complexity index is 291. The van der Waals surface area contributed by atoms with E-state index in [0.717, 1.165) is 11.5 Å². The van der Waals surface area contributed by atoms with Gasteiger partial charge >= 0.3 is 5.97 Å². The second-order valence-corrected chi connectivity index (χ2v) is 5.67. The van der Waals surface area contributed by atoms with E-state index in [2.05, 4.69) is 0 Å². The highest BCUT2D eigenvalue weighted by Crippen LogP contribution is 2.03. The first-order chi connectivity index (χ1) is 9.68. The van der Waals surface area contributed by atoms with Crippen molar-refractivity contribution in [1.29, 1.82) is 0 Å². The summed E-state index contributed by atoms with van der Waals surface area (Å²) in [4.78, 5) is 20.0. The molecule has 5 atom stereocenters. The summed E-state index contributed by atoms with van der Waals surface area (Å²) >= 11 is 1.71. The van der Waals surface area contributed by atoms with Gasteiger partial charge in [0.2, 0.25) is 0 Å². The molecule has 0 heterocycles. The molecule has 5 unspecified atom stereocenters. The normalized spacial score (nSPS) is 17.7. The van der Waals surface area contributed by atoms with Gasteiger partial charge in [0.25, 0.3) is 0 Å². The Kier molecular flexibility index (Phi) is 14.0. The Labute approximate surface area is 128 Å². The van der Waals surface area contributed by atoms with Crippen LogP contribution in [0.25, 0.3) is 0 Å². The number of nitrogens with two attached hydrogens (primary N) is 1. The standard InChI is InChI=1S/C6H13NO2S.C6H12O5/c1-2-10-4-3-5(7)6(8)9;1-3(8)5(10)6(11)4(9)2-7/h5H,2-4,7H2,1H3,(H,8,9);2-6,8-11H,1H3. The van der Waals surface area contributed by atoms with Crippen LogP contribution in [0.15, 0.2) is 0 Å². The summed E-state index contributed by atoms with van der Waals surface area (Å²) in [5.74, 6) is 0.952. The van der Waals surface area contributed by atoms with Gasteiger partial charge in [-0.1, -0.05) is 6.92 Å². The van der Waals surface area contributed by atoms with Gasteiger partial charge in [-0.25, -0.2) is 0 Å². The summed E-state index contributed by atoms with van der Waals surface area (Å²) in [5, 5.41) is 43.4. The Hall–Kier alpha value is -0.710. The van der Waals surface area contributed by atoms with Crippen molar-refractivity contribution in [3.8, 4) is 0 Å². The third-order valence-corrected chi connectivity index (χ3v) is 3.36. The number of aliphatic hydroxyl groups is 4. The molecule has 0 aliphatic rings. The molecule has 0 rings (SSSR count). The highest BCUT2D eigenvalue weighted by Gasteiger charge is 2.27. The molecule has 0 saturated carbocycles. The molecule has 0 fully saturated rings. The smallest absolute Gasteiger partial charge is 0.320 e. The van der Waals surface area contributed by atoms with Crippen LogP contribution in [0.1, 0.15) is 20.3 Å². The van der Waals surface area contributed by atoms with Crippen LogP contribution in [-0.2, 0) is 9.59 Å². The first kappa shape index (κ1) is 22.6. The number of aliphatic carboxylic acids is 1. The molecule has 0 aromatic heterocycles. The zero-order valence-corrected chi connectivity index (χ0v) is 12.9. The van der Waals surface area contributed by atoms with E-state index in [-0.39, 0.29) is 6.29 Å². The summed E-state index contributed by atoms with van der Waals surface area (Å²) in [6, 6.07) is -0.681. The minimum absolute atomic E-state index is 0.0935. The molecule has 21 heavy (non-hydrogen) atoms. The van der Waals surface area contributed by atoms with Gasteiger partial charge in [0.15, 0.2) is 6.29 Å². The van der Waals surface area contributed by atoms with E-state index in [1.807, 2.05) is 6.92 Å². The largest absolute Gasteiger partial charge is 0.480 e. The first-order valence-electron chi connectivity index (χ1n) is 6.42. The second kappa shape index (κ2) is 13.0. The molecule has 7 N–H and O–H groups in total. The van der Waals surface area contributed by atoms with E-state index in [1.165, 1.54) is 6.92 Å². The van der Waals surface area contributed by atoms with Crippen LogP contribution in [0.3, 0.4) is 0 Å². The number of thioether (sulfide) groups is 1. The molecule has 0 aromatic carbocycles. The minimum Gasteiger partial charge on any atom is -0.480 e. The van der Waals surface area contributed by atoms with Gasteiger partial charge in [-0.05, 0) is 24.9 Å². The molecular formula is C12H25NO7S. The maximum Gasteiger partial charge on any atom is 0.320 e. The number of carbonyl (C=O) groups excluding carboxylic acids is 1. The number of hydrogen-bond acceptors (Lipinski definition) is 8. The van der Waals surface area contributed by atoms with Gasteiger partial charge in [-0.2, -0.15) is 11.8 Å². The monoisotopic (exact) mass is 327 g/mol. The van der Waals surface area contributed by atoms with Crippen LogP contribution in [0.2, 0.25) is 0 Å². The maximum absolute atomic E-state index is 10.2. The molecule has 0 aromatic rings. The van der Waals surface area contributed by atoms with Crippen molar-refractivity contribution in [3.63, 3.8) is 0 Å². The molecule has 0 saturated heterocycles. The van der Waals surface area contributed by atoms with Crippen molar-refractivity contribution in [1.82, 2.24) is 0 Å². The summed E-state index contributed by atoms with van der Waals surface area (Å²) in [6.45, 7) is 3.28. The Balaban J connectivity index is 0. The highest BCUT2D eigenvalue weighted by molar-refractivity contribution is 7.99. The number of aldehydes is 1. The Morgan fingerprint density at radius 2 is 1.76 bits per heavy atom. The molecular weight excluding hydrogens is 302 g/mol. The Morgan fingerprint density at radius 1 is 1.24 bits per heavy atom. The van der Waals surface area contributed by atoms with Crippen molar-refractivity contribution in [3.05, 3.63) is 0 Å². The third kappa shape index (κ3) is 11.6. The minimum atomic E-state index is -1.65. The van der Waals surface area contributed by atoms with E-state index >= 15 is 0 Å². The average Bonchev–Trinajstić information content (AvgIpc) is 2.45. The van der Waals surface area contributed by atoms with Gasteiger partial charge in [0.05, 0.1) is 6.10 Å².